The molecule has 2 N–H and O–H groups in total. The van der Waals surface area contributed by atoms with Crippen LogP contribution in [0.25, 0.3) is 5.65 Å². The van der Waals surface area contributed by atoms with Crippen LogP contribution in [-0.4, -0.2) is 14.6 Å². The number of aromatic nitrogens is 3. The number of nitrogens with two attached hydrogens (primary N) is 1. The van der Waals surface area contributed by atoms with Crippen molar-refractivity contribution in [2.24, 2.45) is 5.73 Å². The third kappa shape index (κ3) is 1.19. The fourth-order valence-electron chi connectivity index (χ4n) is 1.39. The van der Waals surface area contributed by atoms with E-state index in [1.165, 1.54) is 0 Å². The summed E-state index contributed by atoms with van der Waals surface area (Å²) in [7, 11) is 0. The van der Waals surface area contributed by atoms with Crippen molar-refractivity contribution in [2.75, 3.05) is 0 Å². The number of nitrogens with zero attached hydrogens (tertiary/aromatic N) is 3. The number of aryl methyl sites for hydroxylation is 2. The SMILES string of the molecule is Cc1cnn2c(C)cc(CN)nc12. The van der Waals surface area contributed by atoms with Crippen molar-refractivity contribution in [3.8, 4) is 0 Å². The molecule has 0 amide bonds. The zero-order chi connectivity index (χ0) is 9.42. The Bertz CT molecular complexity index is 444. The predicted octanol–water partition coefficient (Wildman–Crippen LogP) is 0.805. The highest BCUT2D eigenvalue weighted by molar-refractivity contribution is 5.46. The first-order chi connectivity index (χ1) is 6.22. The fourth-order valence-corrected chi connectivity index (χ4v) is 1.39. The number of hydrogen-bond donors (Lipinski definition) is 1. The summed E-state index contributed by atoms with van der Waals surface area (Å²) in [5.41, 5.74) is 9.50. The molecule has 4 nitrogen and oxygen atoms in total. The van der Waals surface area contributed by atoms with Gasteiger partial charge in [-0.1, -0.05) is 0 Å². The lowest BCUT2D eigenvalue weighted by Gasteiger charge is -2.02. The Hall–Kier alpha value is -1.42. The maximum absolute atomic E-state index is 5.54. The molecule has 0 saturated carbocycles. The lowest BCUT2D eigenvalue weighted by Crippen LogP contribution is -2.04. The minimum absolute atomic E-state index is 0.474. The van der Waals surface area contributed by atoms with Crippen molar-refractivity contribution in [2.45, 2.75) is 20.4 Å². The van der Waals surface area contributed by atoms with Crippen molar-refractivity contribution in [1.29, 1.82) is 0 Å². The Balaban J connectivity index is 2.80. The average Bonchev–Trinajstić information content (AvgIpc) is 2.48. The molecule has 0 radical (unpaired) electrons. The van der Waals surface area contributed by atoms with Crippen LogP contribution < -0.4 is 5.73 Å². The summed E-state index contributed by atoms with van der Waals surface area (Å²) < 4.78 is 1.83. The Morgan fingerprint density at radius 1 is 1.46 bits per heavy atom. The quantitative estimate of drug-likeness (QED) is 0.699. The zero-order valence-corrected chi connectivity index (χ0v) is 7.78. The van der Waals surface area contributed by atoms with E-state index in [0.29, 0.717) is 6.54 Å². The van der Waals surface area contributed by atoms with Gasteiger partial charge >= 0.3 is 0 Å². The van der Waals surface area contributed by atoms with Crippen LogP contribution in [0.15, 0.2) is 12.3 Å². The third-order valence-corrected chi connectivity index (χ3v) is 2.09. The smallest absolute Gasteiger partial charge is 0.158 e. The average molecular weight is 176 g/mol. The van der Waals surface area contributed by atoms with E-state index in [4.69, 9.17) is 5.73 Å². The van der Waals surface area contributed by atoms with Crippen molar-refractivity contribution in [1.82, 2.24) is 14.6 Å². The first-order valence-electron chi connectivity index (χ1n) is 4.23. The van der Waals surface area contributed by atoms with E-state index in [1.54, 1.807) is 0 Å². The second kappa shape index (κ2) is 2.81. The van der Waals surface area contributed by atoms with Gasteiger partial charge in [0.2, 0.25) is 0 Å². The number of hydrogen-bond acceptors (Lipinski definition) is 3. The van der Waals surface area contributed by atoms with Gasteiger partial charge in [0.1, 0.15) is 0 Å². The molecule has 4 heteroatoms. The standard InChI is InChI=1S/C9H12N4/c1-6-5-11-13-7(2)3-8(4-10)12-9(6)13/h3,5H,4,10H2,1-2H3. The van der Waals surface area contributed by atoms with E-state index in [2.05, 4.69) is 10.1 Å². The molecule has 0 aliphatic heterocycles. The highest BCUT2D eigenvalue weighted by Crippen LogP contribution is 2.10. The Kier molecular flexibility index (Phi) is 1.77. The highest BCUT2D eigenvalue weighted by Gasteiger charge is 2.04. The minimum atomic E-state index is 0.474. The summed E-state index contributed by atoms with van der Waals surface area (Å²) in [6, 6.07) is 1.96. The largest absolute Gasteiger partial charge is 0.325 e. The third-order valence-electron chi connectivity index (χ3n) is 2.09. The Labute approximate surface area is 76.4 Å². The minimum Gasteiger partial charge on any atom is -0.325 e. The highest BCUT2D eigenvalue weighted by atomic mass is 15.2. The van der Waals surface area contributed by atoms with Gasteiger partial charge in [0.05, 0.1) is 11.9 Å². The molecule has 68 valence electrons. The van der Waals surface area contributed by atoms with E-state index in [-0.39, 0.29) is 0 Å². The lowest BCUT2D eigenvalue weighted by molar-refractivity contribution is 0.866. The normalized spacial score (nSPS) is 11.0. The van der Waals surface area contributed by atoms with Crippen LogP contribution in [0.4, 0.5) is 0 Å². The first-order valence-corrected chi connectivity index (χ1v) is 4.23. The topological polar surface area (TPSA) is 56.2 Å². The summed E-state index contributed by atoms with van der Waals surface area (Å²) in [6.45, 7) is 4.47. The maximum atomic E-state index is 5.54. The molecule has 0 atom stereocenters. The van der Waals surface area contributed by atoms with Crippen molar-refractivity contribution in [3.05, 3.63) is 29.2 Å². The Morgan fingerprint density at radius 3 is 2.92 bits per heavy atom. The molecule has 2 aromatic heterocycles. The summed E-state index contributed by atoms with van der Waals surface area (Å²) >= 11 is 0. The molecule has 0 aliphatic carbocycles. The molecular weight excluding hydrogens is 164 g/mol. The number of fused-ring (bicyclic) bond motifs is 1. The van der Waals surface area contributed by atoms with E-state index < -0.39 is 0 Å². The van der Waals surface area contributed by atoms with Gasteiger partial charge in [-0.3, -0.25) is 0 Å². The number of rotatable bonds is 1. The van der Waals surface area contributed by atoms with Crippen LogP contribution in [0, 0.1) is 13.8 Å². The monoisotopic (exact) mass is 176 g/mol. The van der Waals surface area contributed by atoms with Crippen LogP contribution >= 0.6 is 0 Å². The lowest BCUT2D eigenvalue weighted by atomic mass is 10.3. The van der Waals surface area contributed by atoms with E-state index >= 15 is 0 Å². The van der Waals surface area contributed by atoms with Gasteiger partial charge in [-0.25, -0.2) is 9.50 Å². The van der Waals surface area contributed by atoms with Crippen LogP contribution in [-0.2, 0) is 6.54 Å². The first kappa shape index (κ1) is 8.19. The summed E-state index contributed by atoms with van der Waals surface area (Å²) in [4.78, 5) is 4.39. The molecule has 2 aromatic rings. The zero-order valence-electron chi connectivity index (χ0n) is 7.78. The maximum Gasteiger partial charge on any atom is 0.158 e. The molecule has 0 aromatic carbocycles. The van der Waals surface area contributed by atoms with Gasteiger partial charge in [0.25, 0.3) is 0 Å². The molecule has 0 bridgehead atoms. The van der Waals surface area contributed by atoms with Gasteiger partial charge in [0.15, 0.2) is 5.65 Å². The van der Waals surface area contributed by atoms with Crippen molar-refractivity contribution >= 4 is 5.65 Å². The summed E-state index contributed by atoms with van der Waals surface area (Å²) in [6.07, 6.45) is 1.82. The molecule has 0 unspecified atom stereocenters. The van der Waals surface area contributed by atoms with Gasteiger partial charge in [0, 0.05) is 17.8 Å². The molecule has 0 fully saturated rings. The van der Waals surface area contributed by atoms with E-state index in [1.807, 2.05) is 30.6 Å². The van der Waals surface area contributed by atoms with E-state index in [0.717, 1.165) is 22.6 Å². The molecule has 0 saturated heterocycles. The summed E-state index contributed by atoms with van der Waals surface area (Å²) in [5, 5.41) is 4.21. The molecule has 2 rings (SSSR count). The van der Waals surface area contributed by atoms with Gasteiger partial charge in [-0.15, -0.1) is 0 Å². The van der Waals surface area contributed by atoms with Gasteiger partial charge in [-0.2, -0.15) is 5.10 Å². The van der Waals surface area contributed by atoms with Crippen molar-refractivity contribution < 1.29 is 0 Å². The van der Waals surface area contributed by atoms with Crippen LogP contribution in [0.5, 0.6) is 0 Å². The van der Waals surface area contributed by atoms with Crippen LogP contribution in [0.1, 0.15) is 17.0 Å². The van der Waals surface area contributed by atoms with Gasteiger partial charge in [-0.05, 0) is 19.9 Å². The van der Waals surface area contributed by atoms with E-state index in [9.17, 15) is 0 Å². The second-order valence-electron chi connectivity index (χ2n) is 3.16. The van der Waals surface area contributed by atoms with Gasteiger partial charge < -0.3 is 5.73 Å². The molecule has 0 aliphatic rings. The molecule has 0 spiro atoms. The predicted molar refractivity (Wildman–Crippen MR) is 50.4 cm³/mol. The fraction of sp³-hybridized carbons (Fsp3) is 0.333. The van der Waals surface area contributed by atoms with Crippen LogP contribution in [0.3, 0.4) is 0 Å². The molecule has 13 heavy (non-hydrogen) atoms. The Morgan fingerprint density at radius 2 is 2.23 bits per heavy atom. The van der Waals surface area contributed by atoms with Crippen LogP contribution in [0.2, 0.25) is 0 Å². The second-order valence-corrected chi connectivity index (χ2v) is 3.16. The molecule has 2 heterocycles. The summed E-state index contributed by atoms with van der Waals surface area (Å²) in [5.74, 6) is 0. The van der Waals surface area contributed by atoms with Crippen molar-refractivity contribution in [3.63, 3.8) is 0 Å². The molecular formula is C9H12N4.